The Bertz CT molecular complexity index is 371. The highest BCUT2D eigenvalue weighted by Gasteiger charge is 2.09. The molecule has 1 aliphatic carbocycles. The zero-order chi connectivity index (χ0) is 9.97. The maximum absolute atomic E-state index is 5.77. The third-order valence-electron chi connectivity index (χ3n) is 2.60. The standard InChI is InChI=1S/C13H15N/c1-10-5-7-11(8-6-10)12-3-2-4-13(14)9-12/h2,4-9,12H,3,14H2,1H3. The molecule has 1 aromatic carbocycles. The van der Waals surface area contributed by atoms with Crippen molar-refractivity contribution < 1.29 is 0 Å². The molecule has 0 radical (unpaired) electrons. The van der Waals surface area contributed by atoms with Gasteiger partial charge in [0.1, 0.15) is 0 Å². The van der Waals surface area contributed by atoms with Crippen molar-refractivity contribution in [2.45, 2.75) is 19.3 Å². The molecule has 1 heteroatoms. The van der Waals surface area contributed by atoms with E-state index in [1.54, 1.807) is 0 Å². The van der Waals surface area contributed by atoms with E-state index in [4.69, 9.17) is 5.73 Å². The van der Waals surface area contributed by atoms with Crippen LogP contribution in [-0.4, -0.2) is 0 Å². The summed E-state index contributed by atoms with van der Waals surface area (Å²) in [6, 6.07) is 8.67. The van der Waals surface area contributed by atoms with Gasteiger partial charge in [-0.25, -0.2) is 0 Å². The van der Waals surface area contributed by atoms with Crippen LogP contribution in [0.5, 0.6) is 0 Å². The number of benzene rings is 1. The molecule has 1 aromatic rings. The average molecular weight is 185 g/mol. The predicted octanol–water partition coefficient (Wildman–Crippen LogP) is 2.88. The van der Waals surface area contributed by atoms with Gasteiger partial charge in [0, 0.05) is 11.6 Å². The van der Waals surface area contributed by atoms with E-state index < -0.39 is 0 Å². The lowest BCUT2D eigenvalue weighted by molar-refractivity contribution is 0.840. The van der Waals surface area contributed by atoms with Gasteiger partial charge in [-0.05, 0) is 25.0 Å². The molecule has 0 heterocycles. The van der Waals surface area contributed by atoms with Gasteiger partial charge in [-0.15, -0.1) is 0 Å². The first kappa shape index (κ1) is 9.07. The van der Waals surface area contributed by atoms with E-state index >= 15 is 0 Å². The molecule has 0 amide bonds. The SMILES string of the molecule is Cc1ccc(C2C=C(N)C=CC2)cc1. The van der Waals surface area contributed by atoms with E-state index in [9.17, 15) is 0 Å². The summed E-state index contributed by atoms with van der Waals surface area (Å²) in [5.74, 6) is 0.459. The van der Waals surface area contributed by atoms with E-state index in [0.29, 0.717) is 5.92 Å². The topological polar surface area (TPSA) is 26.0 Å². The van der Waals surface area contributed by atoms with Crippen LogP contribution in [0.25, 0.3) is 0 Å². The largest absolute Gasteiger partial charge is 0.399 e. The zero-order valence-electron chi connectivity index (χ0n) is 8.40. The number of hydrogen-bond acceptors (Lipinski definition) is 1. The van der Waals surface area contributed by atoms with Crippen LogP contribution in [0.4, 0.5) is 0 Å². The molecule has 0 saturated carbocycles. The molecule has 0 bridgehead atoms. The minimum absolute atomic E-state index is 0.459. The third kappa shape index (κ3) is 1.87. The Morgan fingerprint density at radius 1 is 1.21 bits per heavy atom. The van der Waals surface area contributed by atoms with E-state index in [0.717, 1.165) is 12.1 Å². The molecule has 1 nitrogen and oxygen atoms in total. The first-order valence-corrected chi connectivity index (χ1v) is 4.96. The molecular formula is C13H15N. The van der Waals surface area contributed by atoms with E-state index in [-0.39, 0.29) is 0 Å². The lowest BCUT2D eigenvalue weighted by Crippen LogP contribution is -2.04. The van der Waals surface area contributed by atoms with Crippen molar-refractivity contribution in [3.63, 3.8) is 0 Å². The van der Waals surface area contributed by atoms with Gasteiger partial charge in [0.25, 0.3) is 0 Å². The van der Waals surface area contributed by atoms with Gasteiger partial charge in [0.2, 0.25) is 0 Å². The summed E-state index contributed by atoms with van der Waals surface area (Å²) in [6.07, 6.45) is 7.30. The number of rotatable bonds is 1. The fourth-order valence-corrected chi connectivity index (χ4v) is 1.75. The fraction of sp³-hybridized carbons (Fsp3) is 0.231. The Kier molecular flexibility index (Phi) is 2.40. The van der Waals surface area contributed by atoms with Crippen LogP contribution in [0.15, 0.2) is 48.2 Å². The average Bonchev–Trinajstić information content (AvgIpc) is 2.19. The maximum Gasteiger partial charge on any atom is 0.0276 e. The summed E-state index contributed by atoms with van der Waals surface area (Å²) >= 11 is 0. The molecule has 1 aliphatic rings. The quantitative estimate of drug-likeness (QED) is 0.715. The number of nitrogens with two attached hydrogens (primary N) is 1. The van der Waals surface area contributed by atoms with Gasteiger partial charge in [-0.3, -0.25) is 0 Å². The van der Waals surface area contributed by atoms with Crippen molar-refractivity contribution in [1.29, 1.82) is 0 Å². The fourth-order valence-electron chi connectivity index (χ4n) is 1.75. The molecule has 2 N–H and O–H groups in total. The van der Waals surface area contributed by atoms with Gasteiger partial charge in [-0.1, -0.05) is 42.0 Å². The van der Waals surface area contributed by atoms with E-state index in [2.05, 4.69) is 43.3 Å². The van der Waals surface area contributed by atoms with Gasteiger partial charge in [-0.2, -0.15) is 0 Å². The molecule has 14 heavy (non-hydrogen) atoms. The lowest BCUT2D eigenvalue weighted by atomic mass is 9.91. The second-order valence-electron chi connectivity index (χ2n) is 3.82. The minimum Gasteiger partial charge on any atom is -0.399 e. The smallest absolute Gasteiger partial charge is 0.0276 e. The van der Waals surface area contributed by atoms with Crippen LogP contribution in [0.1, 0.15) is 23.5 Å². The maximum atomic E-state index is 5.77. The molecule has 0 aliphatic heterocycles. The first-order valence-electron chi connectivity index (χ1n) is 4.96. The van der Waals surface area contributed by atoms with Crippen LogP contribution >= 0.6 is 0 Å². The second-order valence-corrected chi connectivity index (χ2v) is 3.82. The molecule has 0 aromatic heterocycles. The Morgan fingerprint density at radius 3 is 2.57 bits per heavy atom. The molecular weight excluding hydrogens is 170 g/mol. The summed E-state index contributed by atoms with van der Waals surface area (Å²) in [7, 11) is 0. The van der Waals surface area contributed by atoms with Crippen LogP contribution in [0.2, 0.25) is 0 Å². The van der Waals surface area contributed by atoms with Crippen molar-refractivity contribution in [2.75, 3.05) is 0 Å². The molecule has 0 spiro atoms. The van der Waals surface area contributed by atoms with Gasteiger partial charge in [0.15, 0.2) is 0 Å². The van der Waals surface area contributed by atoms with Crippen molar-refractivity contribution in [1.82, 2.24) is 0 Å². The zero-order valence-corrected chi connectivity index (χ0v) is 8.40. The molecule has 0 saturated heterocycles. The molecule has 1 atom stereocenters. The van der Waals surface area contributed by atoms with Crippen molar-refractivity contribution in [3.05, 3.63) is 59.3 Å². The summed E-state index contributed by atoms with van der Waals surface area (Å²) < 4.78 is 0. The highest BCUT2D eigenvalue weighted by Crippen LogP contribution is 2.25. The highest BCUT2D eigenvalue weighted by atomic mass is 14.6. The summed E-state index contributed by atoms with van der Waals surface area (Å²) in [5, 5.41) is 0. The lowest BCUT2D eigenvalue weighted by Gasteiger charge is -2.15. The van der Waals surface area contributed by atoms with Crippen LogP contribution in [0, 0.1) is 6.92 Å². The Labute approximate surface area is 84.9 Å². The van der Waals surface area contributed by atoms with E-state index in [1.807, 2.05) is 6.08 Å². The van der Waals surface area contributed by atoms with Gasteiger partial charge >= 0.3 is 0 Å². The van der Waals surface area contributed by atoms with Crippen LogP contribution in [0.3, 0.4) is 0 Å². The number of allylic oxidation sites excluding steroid dienone is 3. The summed E-state index contributed by atoms with van der Waals surface area (Å²) in [5.41, 5.74) is 9.30. The number of hydrogen-bond donors (Lipinski definition) is 1. The molecule has 2 rings (SSSR count). The third-order valence-corrected chi connectivity index (χ3v) is 2.60. The Balaban J connectivity index is 2.24. The van der Waals surface area contributed by atoms with Gasteiger partial charge < -0.3 is 5.73 Å². The van der Waals surface area contributed by atoms with Crippen molar-refractivity contribution in [2.24, 2.45) is 5.73 Å². The van der Waals surface area contributed by atoms with E-state index in [1.165, 1.54) is 11.1 Å². The molecule has 1 unspecified atom stereocenters. The van der Waals surface area contributed by atoms with Crippen molar-refractivity contribution in [3.8, 4) is 0 Å². The number of aryl methyl sites for hydroxylation is 1. The molecule has 72 valence electrons. The predicted molar refractivity (Wildman–Crippen MR) is 59.9 cm³/mol. The highest BCUT2D eigenvalue weighted by molar-refractivity contribution is 5.33. The Morgan fingerprint density at radius 2 is 1.93 bits per heavy atom. The normalized spacial score (nSPS) is 20.6. The van der Waals surface area contributed by atoms with Gasteiger partial charge in [0.05, 0.1) is 0 Å². The Hall–Kier alpha value is -1.50. The second kappa shape index (κ2) is 3.70. The first-order chi connectivity index (χ1) is 6.75. The van der Waals surface area contributed by atoms with Crippen LogP contribution in [-0.2, 0) is 0 Å². The van der Waals surface area contributed by atoms with Crippen LogP contribution < -0.4 is 5.73 Å². The minimum atomic E-state index is 0.459. The summed E-state index contributed by atoms with van der Waals surface area (Å²) in [4.78, 5) is 0. The monoisotopic (exact) mass is 185 g/mol. The molecule has 0 fully saturated rings. The van der Waals surface area contributed by atoms with Crippen molar-refractivity contribution >= 4 is 0 Å². The summed E-state index contributed by atoms with van der Waals surface area (Å²) in [6.45, 7) is 2.11.